The second-order valence-electron chi connectivity index (χ2n) is 9.85. The molecule has 0 amide bonds. The van der Waals surface area contributed by atoms with Crippen LogP contribution in [0.5, 0.6) is 0 Å². The van der Waals surface area contributed by atoms with Crippen LogP contribution in [-0.2, 0) is 0 Å². The zero-order chi connectivity index (χ0) is 27.0. The molecule has 2 heteroatoms. The molecule has 190 valence electrons. The van der Waals surface area contributed by atoms with E-state index in [1.807, 2.05) is 0 Å². The highest BCUT2D eigenvalue weighted by molar-refractivity contribution is 6.95. The minimum absolute atomic E-state index is 0.213. The van der Waals surface area contributed by atoms with Gasteiger partial charge < -0.3 is 4.90 Å². The Balaban J connectivity index is 1.22. The molecule has 0 aromatic heterocycles. The van der Waals surface area contributed by atoms with E-state index in [-0.39, 0.29) is 6.71 Å². The molecule has 0 saturated heterocycles. The fraction of sp³-hybridized carbons (Fsp3) is 0. The first-order chi connectivity index (χ1) is 19.8. The average molecular weight is 511 g/mol. The zero-order valence-electron chi connectivity index (χ0n) is 22.3. The molecular formula is C38H30BN. The van der Waals surface area contributed by atoms with Gasteiger partial charge in [-0.15, -0.1) is 0 Å². The summed E-state index contributed by atoms with van der Waals surface area (Å²) >= 11 is 0. The first-order valence-corrected chi connectivity index (χ1v) is 13.7. The largest absolute Gasteiger partial charge is 0.311 e. The predicted octanol–water partition coefficient (Wildman–Crippen LogP) is 7.84. The van der Waals surface area contributed by atoms with Crippen LogP contribution in [0.3, 0.4) is 0 Å². The van der Waals surface area contributed by atoms with Gasteiger partial charge in [0.15, 0.2) is 0 Å². The first kappa shape index (κ1) is 25.2. The molecule has 0 bridgehead atoms. The number of hydrogen-bond donors (Lipinski definition) is 0. The fourth-order valence-electron chi connectivity index (χ4n) is 5.20. The Morgan fingerprint density at radius 3 is 1.07 bits per heavy atom. The van der Waals surface area contributed by atoms with E-state index < -0.39 is 0 Å². The Morgan fingerprint density at radius 2 is 0.650 bits per heavy atom. The Kier molecular flexibility index (Phi) is 7.69. The highest BCUT2D eigenvalue weighted by atomic mass is 15.1. The third kappa shape index (κ3) is 5.82. The molecule has 0 saturated carbocycles. The smallest absolute Gasteiger partial charge is 0.241 e. The van der Waals surface area contributed by atoms with Gasteiger partial charge in [0.2, 0.25) is 6.71 Å². The highest BCUT2D eigenvalue weighted by Crippen LogP contribution is 2.34. The minimum Gasteiger partial charge on any atom is -0.311 e. The number of anilines is 3. The predicted molar refractivity (Wildman–Crippen MR) is 174 cm³/mol. The van der Waals surface area contributed by atoms with Crippen LogP contribution in [0.25, 0.3) is 12.2 Å². The van der Waals surface area contributed by atoms with Crippen LogP contribution >= 0.6 is 0 Å². The van der Waals surface area contributed by atoms with Crippen LogP contribution in [0.15, 0.2) is 170 Å². The number of benzene rings is 6. The van der Waals surface area contributed by atoms with E-state index in [4.69, 9.17) is 0 Å². The second-order valence-corrected chi connectivity index (χ2v) is 9.85. The van der Waals surface area contributed by atoms with E-state index in [0.29, 0.717) is 0 Å². The summed E-state index contributed by atoms with van der Waals surface area (Å²) in [5.41, 5.74) is 9.66. The fourth-order valence-corrected chi connectivity index (χ4v) is 5.20. The van der Waals surface area contributed by atoms with Gasteiger partial charge >= 0.3 is 0 Å². The molecule has 0 atom stereocenters. The van der Waals surface area contributed by atoms with Crippen LogP contribution in [0.2, 0.25) is 0 Å². The first-order valence-electron chi connectivity index (χ1n) is 13.7. The third-order valence-corrected chi connectivity index (χ3v) is 7.18. The molecule has 0 aliphatic rings. The summed E-state index contributed by atoms with van der Waals surface area (Å²) in [5, 5.41) is 0. The summed E-state index contributed by atoms with van der Waals surface area (Å²) in [4.78, 5) is 2.28. The van der Waals surface area contributed by atoms with Crippen molar-refractivity contribution in [2.24, 2.45) is 0 Å². The Bertz CT molecular complexity index is 1440. The second kappa shape index (κ2) is 12.2. The van der Waals surface area contributed by atoms with Crippen molar-refractivity contribution in [2.45, 2.75) is 0 Å². The Morgan fingerprint density at radius 1 is 0.325 bits per heavy atom. The molecule has 0 N–H and O–H groups in total. The minimum atomic E-state index is 0.213. The van der Waals surface area contributed by atoms with Crippen molar-refractivity contribution in [3.63, 3.8) is 0 Å². The lowest BCUT2D eigenvalue weighted by Crippen LogP contribution is -2.51. The van der Waals surface area contributed by atoms with E-state index in [0.717, 1.165) is 17.1 Å². The number of hydrogen-bond acceptors (Lipinski definition) is 1. The molecular weight excluding hydrogens is 481 g/mol. The summed E-state index contributed by atoms with van der Waals surface area (Å²) in [5.74, 6) is 0. The number of para-hydroxylation sites is 2. The SMILES string of the molecule is C(=Cc1ccc(N(c2ccccc2)c2ccccc2)cc1)c1ccc(B(c2ccccc2)c2ccccc2)cc1. The van der Waals surface area contributed by atoms with E-state index in [1.165, 1.54) is 27.5 Å². The molecule has 1 nitrogen and oxygen atoms in total. The molecule has 40 heavy (non-hydrogen) atoms. The highest BCUT2D eigenvalue weighted by Gasteiger charge is 2.20. The lowest BCUT2D eigenvalue weighted by molar-refractivity contribution is 1.28. The van der Waals surface area contributed by atoms with Crippen LogP contribution in [0.4, 0.5) is 17.1 Å². The van der Waals surface area contributed by atoms with Gasteiger partial charge in [0.05, 0.1) is 0 Å². The van der Waals surface area contributed by atoms with Gasteiger partial charge in [-0.1, -0.05) is 162 Å². The van der Waals surface area contributed by atoms with E-state index in [1.54, 1.807) is 0 Å². The van der Waals surface area contributed by atoms with Gasteiger partial charge in [-0.25, -0.2) is 0 Å². The van der Waals surface area contributed by atoms with E-state index >= 15 is 0 Å². The summed E-state index contributed by atoms with van der Waals surface area (Å²) in [6, 6.07) is 60.1. The zero-order valence-corrected chi connectivity index (χ0v) is 22.3. The molecule has 0 unspecified atom stereocenters. The molecule has 0 heterocycles. The maximum absolute atomic E-state index is 2.28. The monoisotopic (exact) mass is 511 g/mol. The molecule has 6 rings (SSSR count). The third-order valence-electron chi connectivity index (χ3n) is 7.18. The van der Waals surface area contributed by atoms with Crippen molar-refractivity contribution in [2.75, 3.05) is 4.90 Å². The van der Waals surface area contributed by atoms with Crippen LogP contribution in [-0.4, -0.2) is 6.71 Å². The van der Waals surface area contributed by atoms with Crippen molar-refractivity contribution in [1.82, 2.24) is 0 Å². The normalized spacial score (nSPS) is 10.9. The molecule has 6 aromatic rings. The maximum Gasteiger partial charge on any atom is 0.241 e. The topological polar surface area (TPSA) is 3.24 Å². The molecule has 0 fully saturated rings. The maximum atomic E-state index is 2.28. The van der Waals surface area contributed by atoms with Gasteiger partial charge in [-0.3, -0.25) is 0 Å². The molecule has 0 spiro atoms. The van der Waals surface area contributed by atoms with E-state index in [9.17, 15) is 0 Å². The van der Waals surface area contributed by atoms with Gasteiger partial charge in [0.25, 0.3) is 0 Å². The summed E-state index contributed by atoms with van der Waals surface area (Å²) in [7, 11) is 0. The number of nitrogens with zero attached hydrogens (tertiary/aromatic N) is 1. The number of rotatable bonds is 8. The van der Waals surface area contributed by atoms with Crippen molar-refractivity contribution < 1.29 is 0 Å². The lowest BCUT2D eigenvalue weighted by atomic mass is 9.37. The molecule has 0 aliphatic carbocycles. The van der Waals surface area contributed by atoms with Crippen molar-refractivity contribution in [3.8, 4) is 0 Å². The lowest BCUT2D eigenvalue weighted by Gasteiger charge is -2.25. The van der Waals surface area contributed by atoms with Crippen LogP contribution in [0.1, 0.15) is 11.1 Å². The standard InChI is InChI=1S/C38H30BN/c1-5-13-33(14-6-1)39(34-15-7-2-8-16-34)35-27-23-31(24-28-35)21-22-32-25-29-38(30-26-32)40(36-17-9-3-10-18-36)37-19-11-4-12-20-37/h1-30H. The quantitative estimate of drug-likeness (QED) is 0.149. The summed E-state index contributed by atoms with van der Waals surface area (Å²) in [6.45, 7) is 0.213. The summed E-state index contributed by atoms with van der Waals surface area (Å²) in [6.07, 6.45) is 4.37. The van der Waals surface area contributed by atoms with Crippen LogP contribution in [0, 0.1) is 0 Å². The average Bonchev–Trinajstić information content (AvgIpc) is 3.04. The van der Waals surface area contributed by atoms with Gasteiger partial charge in [-0.05, 0) is 47.5 Å². The van der Waals surface area contributed by atoms with E-state index in [2.05, 4.69) is 187 Å². The van der Waals surface area contributed by atoms with Gasteiger partial charge in [0, 0.05) is 17.1 Å². The Hall–Kier alpha value is -5.08. The van der Waals surface area contributed by atoms with Crippen molar-refractivity contribution in [3.05, 3.63) is 181 Å². The van der Waals surface area contributed by atoms with Gasteiger partial charge in [0.1, 0.15) is 0 Å². The van der Waals surface area contributed by atoms with Crippen LogP contribution < -0.4 is 21.3 Å². The Labute approximate surface area is 237 Å². The van der Waals surface area contributed by atoms with Crippen molar-refractivity contribution in [1.29, 1.82) is 0 Å². The van der Waals surface area contributed by atoms with Gasteiger partial charge in [-0.2, -0.15) is 0 Å². The molecule has 6 aromatic carbocycles. The van der Waals surface area contributed by atoms with Crippen molar-refractivity contribution >= 4 is 52.3 Å². The molecule has 0 aliphatic heterocycles. The summed E-state index contributed by atoms with van der Waals surface area (Å²) < 4.78 is 0. The molecule has 0 radical (unpaired) electrons.